The summed E-state index contributed by atoms with van der Waals surface area (Å²) in [5.41, 5.74) is 0. The van der Waals surface area contributed by atoms with E-state index in [-0.39, 0.29) is 12.6 Å². The van der Waals surface area contributed by atoms with Gasteiger partial charge in [0.25, 0.3) is 0 Å². The number of esters is 1. The van der Waals surface area contributed by atoms with Crippen molar-refractivity contribution in [3.63, 3.8) is 0 Å². The average Bonchev–Trinajstić information content (AvgIpc) is 2.35. The molecule has 0 heterocycles. The number of carbonyl (C=O) groups excluding carboxylic acids is 1. The van der Waals surface area contributed by atoms with Crippen LogP contribution in [-0.4, -0.2) is 38.9 Å². The molecule has 4 nitrogen and oxygen atoms in total. The number of hydrogen-bond donors (Lipinski definition) is 1. The van der Waals surface area contributed by atoms with Gasteiger partial charge in [0, 0.05) is 6.54 Å². The number of nitrogens with one attached hydrogen (secondary N) is 1. The van der Waals surface area contributed by atoms with Gasteiger partial charge in [-0.2, -0.15) is 0 Å². The maximum Gasteiger partial charge on any atom is 0.332 e. The Bertz CT molecular complexity index is 241. The van der Waals surface area contributed by atoms with Gasteiger partial charge in [0.1, 0.15) is 6.61 Å². The van der Waals surface area contributed by atoms with Crippen molar-refractivity contribution in [2.24, 2.45) is 5.92 Å². The van der Waals surface area contributed by atoms with Crippen molar-refractivity contribution in [3.8, 4) is 0 Å². The Morgan fingerprint density at radius 2 is 2.35 bits per heavy atom. The Balaban J connectivity index is 1.87. The first-order valence-electron chi connectivity index (χ1n) is 6.42. The molecule has 0 aliphatic heterocycles. The Kier molecular flexibility index (Phi) is 7.67. The second-order valence-electron chi connectivity index (χ2n) is 4.21. The lowest BCUT2D eigenvalue weighted by atomic mass is 9.94. The van der Waals surface area contributed by atoms with Gasteiger partial charge in [-0.05, 0) is 38.6 Å². The molecule has 0 aromatic heterocycles. The Morgan fingerprint density at radius 3 is 3.06 bits per heavy atom. The molecule has 98 valence electrons. The Morgan fingerprint density at radius 1 is 1.47 bits per heavy atom. The van der Waals surface area contributed by atoms with Crippen LogP contribution in [0.4, 0.5) is 0 Å². The van der Waals surface area contributed by atoms with Crippen molar-refractivity contribution in [1.29, 1.82) is 0 Å². The number of hydrogen-bond acceptors (Lipinski definition) is 4. The number of allylic oxidation sites excluding steroid dienone is 2. The molecule has 0 saturated heterocycles. The van der Waals surface area contributed by atoms with Crippen molar-refractivity contribution >= 4 is 5.97 Å². The first kappa shape index (κ1) is 14.2. The molecule has 0 spiro atoms. The molecule has 0 aromatic rings. The largest absolute Gasteiger partial charge is 0.464 e. The molecule has 0 bridgehead atoms. The summed E-state index contributed by atoms with van der Waals surface area (Å²) in [7, 11) is 0. The van der Waals surface area contributed by atoms with E-state index in [1.54, 1.807) is 6.92 Å². The van der Waals surface area contributed by atoms with Gasteiger partial charge in [-0.1, -0.05) is 12.2 Å². The molecule has 1 aliphatic carbocycles. The monoisotopic (exact) mass is 241 g/mol. The lowest BCUT2D eigenvalue weighted by Gasteiger charge is -2.18. The SMILES string of the molecule is CCOC(=O)COCCNCC1CC=CCC1. The maximum absolute atomic E-state index is 10.9. The van der Waals surface area contributed by atoms with E-state index in [4.69, 9.17) is 9.47 Å². The molecule has 1 atom stereocenters. The molecule has 1 unspecified atom stereocenters. The summed E-state index contributed by atoms with van der Waals surface area (Å²) in [6.45, 7) is 4.64. The highest BCUT2D eigenvalue weighted by atomic mass is 16.6. The summed E-state index contributed by atoms with van der Waals surface area (Å²) < 4.78 is 9.94. The van der Waals surface area contributed by atoms with E-state index in [2.05, 4.69) is 17.5 Å². The quantitative estimate of drug-likeness (QED) is 0.397. The molecule has 0 radical (unpaired) electrons. The van der Waals surface area contributed by atoms with Crippen LogP contribution in [0.5, 0.6) is 0 Å². The van der Waals surface area contributed by atoms with Crippen molar-refractivity contribution < 1.29 is 14.3 Å². The average molecular weight is 241 g/mol. The third kappa shape index (κ3) is 7.13. The zero-order valence-electron chi connectivity index (χ0n) is 10.6. The van der Waals surface area contributed by atoms with E-state index in [1.165, 1.54) is 19.3 Å². The van der Waals surface area contributed by atoms with Gasteiger partial charge in [-0.25, -0.2) is 4.79 Å². The summed E-state index contributed by atoms with van der Waals surface area (Å²) in [6.07, 6.45) is 8.15. The zero-order chi connectivity index (χ0) is 12.3. The minimum Gasteiger partial charge on any atom is -0.464 e. The van der Waals surface area contributed by atoms with E-state index in [1.807, 2.05) is 0 Å². The molecule has 17 heavy (non-hydrogen) atoms. The van der Waals surface area contributed by atoms with Gasteiger partial charge in [0.15, 0.2) is 0 Å². The molecule has 1 aliphatic rings. The molecule has 0 aromatic carbocycles. The smallest absolute Gasteiger partial charge is 0.332 e. The molecule has 1 rings (SSSR count). The number of ether oxygens (including phenoxy) is 2. The second-order valence-corrected chi connectivity index (χ2v) is 4.21. The summed E-state index contributed by atoms with van der Waals surface area (Å²) in [5.74, 6) is 0.468. The summed E-state index contributed by atoms with van der Waals surface area (Å²) in [6, 6.07) is 0. The zero-order valence-corrected chi connectivity index (χ0v) is 10.6. The van der Waals surface area contributed by atoms with Crippen LogP contribution in [0.15, 0.2) is 12.2 Å². The fraction of sp³-hybridized carbons (Fsp3) is 0.769. The van der Waals surface area contributed by atoms with Crippen molar-refractivity contribution in [2.45, 2.75) is 26.2 Å². The predicted molar refractivity (Wildman–Crippen MR) is 66.8 cm³/mol. The predicted octanol–water partition coefficient (Wildman–Crippen LogP) is 1.51. The van der Waals surface area contributed by atoms with Crippen LogP contribution >= 0.6 is 0 Å². The van der Waals surface area contributed by atoms with Gasteiger partial charge in [-0.3, -0.25) is 0 Å². The first-order valence-corrected chi connectivity index (χ1v) is 6.42. The van der Waals surface area contributed by atoms with E-state index >= 15 is 0 Å². The van der Waals surface area contributed by atoms with Gasteiger partial charge < -0.3 is 14.8 Å². The Labute approximate surface area is 103 Å². The number of carbonyl (C=O) groups is 1. The second kappa shape index (κ2) is 9.19. The summed E-state index contributed by atoms with van der Waals surface area (Å²) in [4.78, 5) is 10.9. The minimum absolute atomic E-state index is 0.0572. The molecule has 0 fully saturated rings. The van der Waals surface area contributed by atoms with Gasteiger partial charge in [0.2, 0.25) is 0 Å². The lowest BCUT2D eigenvalue weighted by molar-refractivity contribution is -0.148. The summed E-state index contributed by atoms with van der Waals surface area (Å²) in [5, 5.41) is 3.35. The van der Waals surface area contributed by atoms with E-state index in [0.717, 1.165) is 19.0 Å². The van der Waals surface area contributed by atoms with Gasteiger partial charge in [0.05, 0.1) is 13.2 Å². The molecular formula is C13H23NO3. The van der Waals surface area contributed by atoms with E-state index in [0.29, 0.717) is 13.2 Å². The van der Waals surface area contributed by atoms with Crippen molar-refractivity contribution in [2.75, 3.05) is 32.9 Å². The van der Waals surface area contributed by atoms with Crippen LogP contribution in [0.2, 0.25) is 0 Å². The fourth-order valence-electron chi connectivity index (χ4n) is 1.85. The summed E-state index contributed by atoms with van der Waals surface area (Å²) >= 11 is 0. The van der Waals surface area contributed by atoms with E-state index in [9.17, 15) is 4.79 Å². The minimum atomic E-state index is -0.287. The molecule has 0 saturated carbocycles. The fourth-order valence-corrected chi connectivity index (χ4v) is 1.85. The van der Waals surface area contributed by atoms with Crippen LogP contribution in [-0.2, 0) is 14.3 Å². The topological polar surface area (TPSA) is 47.6 Å². The molecule has 1 N–H and O–H groups in total. The highest BCUT2D eigenvalue weighted by Gasteiger charge is 2.08. The lowest BCUT2D eigenvalue weighted by Crippen LogP contribution is -2.27. The third-order valence-corrected chi connectivity index (χ3v) is 2.76. The molecule has 0 amide bonds. The standard InChI is InChI=1S/C13H23NO3/c1-2-17-13(15)11-16-9-8-14-10-12-6-4-3-5-7-12/h3-4,12,14H,2,5-11H2,1H3. The Hall–Kier alpha value is -0.870. The van der Waals surface area contributed by atoms with Crippen molar-refractivity contribution in [3.05, 3.63) is 12.2 Å². The third-order valence-electron chi connectivity index (χ3n) is 2.76. The van der Waals surface area contributed by atoms with Crippen LogP contribution in [0.25, 0.3) is 0 Å². The highest BCUT2D eigenvalue weighted by molar-refractivity contribution is 5.70. The number of rotatable bonds is 8. The van der Waals surface area contributed by atoms with E-state index < -0.39 is 0 Å². The van der Waals surface area contributed by atoms with Gasteiger partial charge in [-0.15, -0.1) is 0 Å². The normalized spacial score (nSPS) is 19.2. The molecular weight excluding hydrogens is 218 g/mol. The van der Waals surface area contributed by atoms with Gasteiger partial charge >= 0.3 is 5.97 Å². The highest BCUT2D eigenvalue weighted by Crippen LogP contribution is 2.16. The van der Waals surface area contributed by atoms with Crippen LogP contribution < -0.4 is 5.32 Å². The van der Waals surface area contributed by atoms with Crippen LogP contribution in [0.1, 0.15) is 26.2 Å². The first-order chi connectivity index (χ1) is 8.33. The van der Waals surface area contributed by atoms with Crippen LogP contribution in [0.3, 0.4) is 0 Å². The molecule has 4 heteroatoms. The van der Waals surface area contributed by atoms with Crippen molar-refractivity contribution in [1.82, 2.24) is 5.32 Å². The maximum atomic E-state index is 10.9. The van der Waals surface area contributed by atoms with Crippen LogP contribution in [0, 0.1) is 5.92 Å².